The predicted octanol–water partition coefficient (Wildman–Crippen LogP) is 2.57. The normalized spacial score (nSPS) is 16.5. The molecule has 0 aliphatic carbocycles. The molecule has 0 unspecified atom stereocenters. The van der Waals surface area contributed by atoms with E-state index in [0.717, 1.165) is 25.9 Å². The molecule has 0 saturated carbocycles. The molecule has 78 valence electrons. The number of hydrogen-bond donors (Lipinski definition) is 0. The van der Waals surface area contributed by atoms with Gasteiger partial charge < -0.3 is 9.32 Å². The highest BCUT2D eigenvalue weighted by Crippen LogP contribution is 2.26. The molecule has 0 atom stereocenters. The molecule has 4 heteroatoms. The molecule has 0 N–H and O–H groups in total. The largest absolute Gasteiger partial charge is 0.420 e. The lowest BCUT2D eigenvalue weighted by Crippen LogP contribution is -2.17. The smallest absolute Gasteiger partial charge is 0.298 e. The van der Waals surface area contributed by atoms with E-state index in [2.05, 4.69) is 9.88 Å². The number of para-hydroxylation sites is 1. The van der Waals surface area contributed by atoms with Gasteiger partial charge in [-0.15, -0.1) is 0 Å². The van der Waals surface area contributed by atoms with Crippen LogP contribution in [-0.2, 0) is 0 Å². The van der Waals surface area contributed by atoms with Gasteiger partial charge in [0.05, 0.1) is 0 Å². The minimum absolute atomic E-state index is 0.263. The highest BCUT2D eigenvalue weighted by molar-refractivity contribution is 5.75. The lowest BCUT2D eigenvalue weighted by Gasteiger charge is -2.10. The van der Waals surface area contributed by atoms with Gasteiger partial charge in [-0.1, -0.05) is 6.07 Å². The third-order valence-electron chi connectivity index (χ3n) is 2.73. The maximum atomic E-state index is 13.3. The van der Waals surface area contributed by atoms with E-state index in [4.69, 9.17) is 4.42 Å². The Labute approximate surface area is 86.5 Å². The van der Waals surface area contributed by atoms with Crippen LogP contribution in [0, 0.1) is 5.82 Å². The molecule has 1 aromatic heterocycles. The van der Waals surface area contributed by atoms with E-state index in [1.54, 1.807) is 12.1 Å². The van der Waals surface area contributed by atoms with Gasteiger partial charge in [0.1, 0.15) is 5.52 Å². The SMILES string of the molecule is Fc1cccc2nc(N3CCCC3)oc12. The summed E-state index contributed by atoms with van der Waals surface area (Å²) in [5, 5.41) is 0. The molecule has 3 nitrogen and oxygen atoms in total. The van der Waals surface area contributed by atoms with Gasteiger partial charge in [-0.3, -0.25) is 0 Å². The highest BCUT2D eigenvalue weighted by Gasteiger charge is 2.18. The quantitative estimate of drug-likeness (QED) is 0.718. The number of halogens is 1. The molecule has 2 aromatic rings. The van der Waals surface area contributed by atoms with Crippen molar-refractivity contribution in [3.8, 4) is 0 Å². The third kappa shape index (κ3) is 1.37. The van der Waals surface area contributed by atoms with Crippen molar-refractivity contribution >= 4 is 17.1 Å². The fourth-order valence-electron chi connectivity index (χ4n) is 1.95. The van der Waals surface area contributed by atoms with E-state index in [9.17, 15) is 4.39 Å². The van der Waals surface area contributed by atoms with Crippen LogP contribution in [0.15, 0.2) is 22.6 Å². The Kier molecular flexibility index (Phi) is 1.87. The van der Waals surface area contributed by atoms with Gasteiger partial charge in [-0.2, -0.15) is 4.98 Å². The molecule has 1 aromatic carbocycles. The van der Waals surface area contributed by atoms with Gasteiger partial charge >= 0.3 is 0 Å². The summed E-state index contributed by atoms with van der Waals surface area (Å²) in [7, 11) is 0. The van der Waals surface area contributed by atoms with Crippen molar-refractivity contribution < 1.29 is 8.81 Å². The Morgan fingerprint density at radius 1 is 1.27 bits per heavy atom. The summed E-state index contributed by atoms with van der Waals surface area (Å²) < 4.78 is 18.8. The maximum absolute atomic E-state index is 13.3. The molecule has 15 heavy (non-hydrogen) atoms. The molecule has 0 amide bonds. The van der Waals surface area contributed by atoms with E-state index in [1.807, 2.05) is 0 Å². The fourth-order valence-corrected chi connectivity index (χ4v) is 1.95. The molecule has 2 heterocycles. The first-order chi connectivity index (χ1) is 7.34. The van der Waals surface area contributed by atoms with Crippen molar-refractivity contribution in [2.45, 2.75) is 12.8 Å². The van der Waals surface area contributed by atoms with Crippen LogP contribution in [0.3, 0.4) is 0 Å². The average molecular weight is 206 g/mol. The van der Waals surface area contributed by atoms with Crippen molar-refractivity contribution in [3.05, 3.63) is 24.0 Å². The zero-order chi connectivity index (χ0) is 10.3. The van der Waals surface area contributed by atoms with Gasteiger partial charge in [0.2, 0.25) is 0 Å². The van der Waals surface area contributed by atoms with Crippen LogP contribution >= 0.6 is 0 Å². The van der Waals surface area contributed by atoms with E-state index in [-0.39, 0.29) is 11.4 Å². The molecule has 1 fully saturated rings. The number of hydrogen-bond acceptors (Lipinski definition) is 3. The predicted molar refractivity (Wildman–Crippen MR) is 55.4 cm³/mol. The molecule has 0 radical (unpaired) electrons. The van der Waals surface area contributed by atoms with Crippen LogP contribution < -0.4 is 4.90 Å². The Balaban J connectivity index is 2.09. The van der Waals surface area contributed by atoms with Crippen LogP contribution in [0.25, 0.3) is 11.1 Å². The number of nitrogens with zero attached hydrogens (tertiary/aromatic N) is 2. The van der Waals surface area contributed by atoms with Gasteiger partial charge in [-0.25, -0.2) is 4.39 Å². The van der Waals surface area contributed by atoms with Crippen LogP contribution in [0.2, 0.25) is 0 Å². The highest BCUT2D eigenvalue weighted by atomic mass is 19.1. The number of benzene rings is 1. The fraction of sp³-hybridized carbons (Fsp3) is 0.364. The first-order valence-electron chi connectivity index (χ1n) is 5.14. The first kappa shape index (κ1) is 8.71. The third-order valence-corrected chi connectivity index (χ3v) is 2.73. The lowest BCUT2D eigenvalue weighted by atomic mass is 10.3. The van der Waals surface area contributed by atoms with E-state index in [0.29, 0.717) is 11.5 Å². The van der Waals surface area contributed by atoms with Gasteiger partial charge in [0.25, 0.3) is 6.01 Å². The van der Waals surface area contributed by atoms with Crippen LogP contribution in [0.4, 0.5) is 10.4 Å². The van der Waals surface area contributed by atoms with Crippen LogP contribution in [0.5, 0.6) is 0 Å². The Morgan fingerprint density at radius 2 is 2.07 bits per heavy atom. The summed E-state index contributed by atoms with van der Waals surface area (Å²) in [6.45, 7) is 1.91. The summed E-state index contributed by atoms with van der Waals surface area (Å²) >= 11 is 0. The number of aromatic nitrogens is 1. The van der Waals surface area contributed by atoms with Gasteiger partial charge in [0.15, 0.2) is 11.4 Å². The minimum atomic E-state index is -0.342. The van der Waals surface area contributed by atoms with Crippen molar-refractivity contribution in [1.29, 1.82) is 0 Å². The lowest BCUT2D eigenvalue weighted by molar-refractivity contribution is 0.547. The number of anilines is 1. The number of fused-ring (bicyclic) bond motifs is 1. The molecule has 0 bridgehead atoms. The van der Waals surface area contributed by atoms with E-state index in [1.165, 1.54) is 6.07 Å². The summed E-state index contributed by atoms with van der Waals surface area (Å²) in [6, 6.07) is 5.35. The van der Waals surface area contributed by atoms with Crippen molar-refractivity contribution in [3.63, 3.8) is 0 Å². The van der Waals surface area contributed by atoms with Gasteiger partial charge in [0, 0.05) is 13.1 Å². The number of oxazole rings is 1. The maximum Gasteiger partial charge on any atom is 0.298 e. The van der Waals surface area contributed by atoms with Crippen molar-refractivity contribution in [2.75, 3.05) is 18.0 Å². The van der Waals surface area contributed by atoms with E-state index >= 15 is 0 Å². The topological polar surface area (TPSA) is 29.3 Å². The number of rotatable bonds is 1. The summed E-state index contributed by atoms with van der Waals surface area (Å²) in [5.41, 5.74) is 0.858. The molecule has 3 rings (SSSR count). The van der Waals surface area contributed by atoms with Crippen LogP contribution in [0.1, 0.15) is 12.8 Å². The molecule has 1 saturated heterocycles. The van der Waals surface area contributed by atoms with Crippen LogP contribution in [-0.4, -0.2) is 18.1 Å². The zero-order valence-electron chi connectivity index (χ0n) is 8.24. The molecule has 1 aliphatic heterocycles. The van der Waals surface area contributed by atoms with Gasteiger partial charge in [-0.05, 0) is 25.0 Å². The summed E-state index contributed by atoms with van der Waals surface area (Å²) in [6.07, 6.45) is 2.31. The Hall–Kier alpha value is -1.58. The zero-order valence-corrected chi connectivity index (χ0v) is 8.24. The second kappa shape index (κ2) is 3.22. The standard InChI is InChI=1S/C11H11FN2O/c12-8-4-3-5-9-10(8)15-11(13-9)14-6-1-2-7-14/h3-5H,1-2,6-7H2. The second-order valence-corrected chi connectivity index (χ2v) is 3.78. The minimum Gasteiger partial charge on any atom is -0.420 e. The molecular weight excluding hydrogens is 195 g/mol. The Bertz CT molecular complexity index is 488. The molecular formula is C11H11FN2O. The average Bonchev–Trinajstić information content (AvgIpc) is 2.86. The van der Waals surface area contributed by atoms with Crippen molar-refractivity contribution in [1.82, 2.24) is 4.98 Å². The van der Waals surface area contributed by atoms with E-state index < -0.39 is 0 Å². The summed E-state index contributed by atoms with van der Waals surface area (Å²) in [4.78, 5) is 6.33. The monoisotopic (exact) mass is 206 g/mol. The van der Waals surface area contributed by atoms with Crippen molar-refractivity contribution in [2.24, 2.45) is 0 Å². The Morgan fingerprint density at radius 3 is 2.80 bits per heavy atom. The second-order valence-electron chi connectivity index (χ2n) is 3.78. The first-order valence-corrected chi connectivity index (χ1v) is 5.14. The summed E-state index contributed by atoms with van der Waals surface area (Å²) in [5.74, 6) is -0.342. The molecule has 1 aliphatic rings. The molecule has 0 spiro atoms.